The van der Waals surface area contributed by atoms with Gasteiger partial charge in [0.1, 0.15) is 0 Å². The Labute approximate surface area is 91.0 Å². The Morgan fingerprint density at radius 2 is 2.00 bits per heavy atom. The van der Waals surface area contributed by atoms with Gasteiger partial charge in [-0.05, 0) is 18.6 Å². The number of rotatable bonds is 3. The van der Waals surface area contributed by atoms with Crippen molar-refractivity contribution in [3.05, 3.63) is 34.9 Å². The number of benzene rings is 1. The highest BCUT2D eigenvalue weighted by Crippen LogP contribution is 2.33. The molecule has 1 rings (SSSR count). The lowest BCUT2D eigenvalue weighted by Gasteiger charge is -2.12. The highest BCUT2D eigenvalue weighted by Gasteiger charge is 2.34. The van der Waals surface area contributed by atoms with Gasteiger partial charge in [0.2, 0.25) is 0 Å². The molecule has 0 N–H and O–H groups in total. The average Bonchev–Trinajstić information content (AvgIpc) is 2.16. The number of Topliss-reactive ketones (excluding diaryl/α,β-unsaturated/α-hetero) is 1. The number of alkyl halides is 3. The minimum absolute atomic E-state index is 0.0846. The Balaban J connectivity index is 3.27. The Morgan fingerprint density at radius 1 is 1.38 bits per heavy atom. The summed E-state index contributed by atoms with van der Waals surface area (Å²) in [7, 11) is 1.39. The lowest BCUT2D eigenvalue weighted by molar-refractivity contribution is -0.138. The number of hydrogen-bond donors (Lipinski definition) is 0. The second kappa shape index (κ2) is 4.65. The third kappa shape index (κ3) is 2.82. The molecule has 0 aliphatic carbocycles. The van der Waals surface area contributed by atoms with E-state index in [-0.39, 0.29) is 12.2 Å². The Bertz CT molecular complexity index is 397. The van der Waals surface area contributed by atoms with Crippen molar-refractivity contribution in [2.45, 2.75) is 19.7 Å². The second-order valence-electron chi connectivity index (χ2n) is 3.37. The normalized spacial score (nSPS) is 11.6. The molecule has 0 amide bonds. The number of methoxy groups -OCH3 is 1. The monoisotopic (exact) mass is 232 g/mol. The molecule has 1 aromatic carbocycles. The summed E-state index contributed by atoms with van der Waals surface area (Å²) in [6, 6.07) is 3.58. The molecule has 0 aliphatic heterocycles. The summed E-state index contributed by atoms with van der Waals surface area (Å²) in [5.74, 6) is -0.601. The molecule has 0 fully saturated rings. The molecule has 0 spiro atoms. The van der Waals surface area contributed by atoms with E-state index in [2.05, 4.69) is 0 Å². The zero-order chi connectivity index (χ0) is 12.3. The van der Waals surface area contributed by atoms with Crippen LogP contribution in [-0.2, 0) is 17.5 Å². The topological polar surface area (TPSA) is 26.3 Å². The first-order chi connectivity index (χ1) is 7.36. The van der Waals surface area contributed by atoms with Gasteiger partial charge in [0.15, 0.2) is 5.78 Å². The zero-order valence-electron chi connectivity index (χ0n) is 8.89. The van der Waals surface area contributed by atoms with Crippen molar-refractivity contribution in [3.8, 4) is 0 Å². The smallest absolute Gasteiger partial charge is 0.380 e. The van der Waals surface area contributed by atoms with Gasteiger partial charge in [-0.25, -0.2) is 0 Å². The lowest BCUT2D eigenvalue weighted by atomic mass is 10.0. The summed E-state index contributed by atoms with van der Waals surface area (Å²) in [5.41, 5.74) is -0.832. The highest BCUT2D eigenvalue weighted by molar-refractivity contribution is 5.95. The molecule has 0 heterocycles. The number of ketones is 1. The van der Waals surface area contributed by atoms with E-state index >= 15 is 0 Å². The molecule has 0 bridgehead atoms. The van der Waals surface area contributed by atoms with Crippen molar-refractivity contribution in [3.63, 3.8) is 0 Å². The Morgan fingerprint density at radius 3 is 2.44 bits per heavy atom. The van der Waals surface area contributed by atoms with Crippen molar-refractivity contribution < 1.29 is 22.7 Å². The first-order valence-corrected chi connectivity index (χ1v) is 4.56. The number of halogens is 3. The highest BCUT2D eigenvalue weighted by atomic mass is 19.4. The molecule has 1 aromatic rings. The molecule has 5 heteroatoms. The third-order valence-corrected chi connectivity index (χ3v) is 2.08. The van der Waals surface area contributed by atoms with E-state index in [9.17, 15) is 18.0 Å². The van der Waals surface area contributed by atoms with Crippen LogP contribution in [0.2, 0.25) is 0 Å². The van der Waals surface area contributed by atoms with Crippen molar-refractivity contribution >= 4 is 5.78 Å². The number of ether oxygens (including phenoxy) is 1. The van der Waals surface area contributed by atoms with Crippen molar-refractivity contribution in [2.75, 3.05) is 7.11 Å². The van der Waals surface area contributed by atoms with Gasteiger partial charge in [-0.3, -0.25) is 4.79 Å². The molecule has 0 unspecified atom stereocenters. The van der Waals surface area contributed by atoms with E-state index < -0.39 is 17.5 Å². The third-order valence-electron chi connectivity index (χ3n) is 2.08. The molecule has 88 valence electrons. The van der Waals surface area contributed by atoms with Crippen molar-refractivity contribution in [1.29, 1.82) is 0 Å². The summed E-state index contributed by atoms with van der Waals surface area (Å²) in [6.45, 7) is 1.20. The first-order valence-electron chi connectivity index (χ1n) is 4.56. The standard InChI is InChI=1S/C11H11F3O2/c1-7(15)9-4-3-8(6-16-2)5-10(9)11(12,13)14/h3-5H,6H2,1-2H3. The second-order valence-corrected chi connectivity index (χ2v) is 3.37. The molecule has 16 heavy (non-hydrogen) atoms. The van der Waals surface area contributed by atoms with Crippen LogP contribution < -0.4 is 0 Å². The summed E-state index contributed by atoms with van der Waals surface area (Å²) in [5, 5.41) is 0. The molecule has 0 aromatic heterocycles. The predicted octanol–water partition coefficient (Wildman–Crippen LogP) is 3.05. The molecule has 0 saturated heterocycles. The van der Waals surface area contributed by atoms with E-state index in [1.807, 2.05) is 0 Å². The fourth-order valence-corrected chi connectivity index (χ4v) is 1.39. The summed E-state index contributed by atoms with van der Waals surface area (Å²) >= 11 is 0. The molecule has 0 atom stereocenters. The largest absolute Gasteiger partial charge is 0.417 e. The van der Waals surface area contributed by atoms with Gasteiger partial charge in [0.05, 0.1) is 12.2 Å². The van der Waals surface area contributed by atoms with Crippen LogP contribution in [0.3, 0.4) is 0 Å². The van der Waals surface area contributed by atoms with Crippen LogP contribution in [0.1, 0.15) is 28.4 Å². The molecule has 0 aliphatic rings. The summed E-state index contributed by atoms with van der Waals surface area (Å²) in [4.78, 5) is 11.1. The van der Waals surface area contributed by atoms with Gasteiger partial charge >= 0.3 is 6.18 Å². The summed E-state index contributed by atoms with van der Waals surface area (Å²) in [6.07, 6.45) is -4.52. The van der Waals surface area contributed by atoms with Gasteiger partial charge in [0, 0.05) is 12.7 Å². The molecule has 0 saturated carbocycles. The molecular weight excluding hydrogens is 221 g/mol. The number of carbonyl (C=O) groups is 1. The van der Waals surface area contributed by atoms with Crippen LogP contribution in [0.25, 0.3) is 0 Å². The molecule has 2 nitrogen and oxygen atoms in total. The maximum atomic E-state index is 12.6. The minimum Gasteiger partial charge on any atom is -0.380 e. The number of carbonyl (C=O) groups excluding carboxylic acids is 1. The maximum absolute atomic E-state index is 12.6. The van der Waals surface area contributed by atoms with Gasteiger partial charge in [0.25, 0.3) is 0 Å². The first kappa shape index (κ1) is 12.7. The van der Waals surface area contributed by atoms with E-state index in [4.69, 9.17) is 4.74 Å². The van der Waals surface area contributed by atoms with E-state index in [1.54, 1.807) is 0 Å². The zero-order valence-corrected chi connectivity index (χ0v) is 8.89. The van der Waals surface area contributed by atoms with Gasteiger partial charge in [-0.15, -0.1) is 0 Å². The van der Waals surface area contributed by atoms with Crippen LogP contribution in [0.15, 0.2) is 18.2 Å². The minimum atomic E-state index is -4.52. The molecule has 0 radical (unpaired) electrons. The fraction of sp³-hybridized carbons (Fsp3) is 0.364. The maximum Gasteiger partial charge on any atom is 0.417 e. The van der Waals surface area contributed by atoms with Crippen molar-refractivity contribution in [1.82, 2.24) is 0 Å². The van der Waals surface area contributed by atoms with E-state index in [1.165, 1.54) is 19.2 Å². The van der Waals surface area contributed by atoms with Crippen LogP contribution in [0.4, 0.5) is 13.2 Å². The van der Waals surface area contributed by atoms with Gasteiger partial charge < -0.3 is 4.74 Å². The van der Waals surface area contributed by atoms with Crippen LogP contribution in [0, 0.1) is 0 Å². The predicted molar refractivity (Wildman–Crippen MR) is 52.2 cm³/mol. The van der Waals surface area contributed by atoms with Crippen LogP contribution in [0.5, 0.6) is 0 Å². The van der Waals surface area contributed by atoms with Gasteiger partial charge in [-0.1, -0.05) is 12.1 Å². The Hall–Kier alpha value is -1.36. The van der Waals surface area contributed by atoms with E-state index in [0.717, 1.165) is 13.0 Å². The van der Waals surface area contributed by atoms with E-state index in [0.29, 0.717) is 5.56 Å². The van der Waals surface area contributed by atoms with Gasteiger partial charge in [-0.2, -0.15) is 13.2 Å². The fourth-order valence-electron chi connectivity index (χ4n) is 1.39. The average molecular weight is 232 g/mol. The lowest BCUT2D eigenvalue weighted by Crippen LogP contribution is -2.12. The SMILES string of the molecule is COCc1ccc(C(C)=O)c(C(F)(F)F)c1. The Kier molecular flexibility index (Phi) is 3.70. The molecular formula is C11H11F3O2. The van der Waals surface area contributed by atoms with Crippen LogP contribution >= 0.6 is 0 Å². The summed E-state index contributed by atoms with van der Waals surface area (Å²) < 4.78 is 42.7. The number of hydrogen-bond acceptors (Lipinski definition) is 2. The van der Waals surface area contributed by atoms with Crippen LogP contribution in [-0.4, -0.2) is 12.9 Å². The van der Waals surface area contributed by atoms with Crippen molar-refractivity contribution in [2.24, 2.45) is 0 Å². The quantitative estimate of drug-likeness (QED) is 0.748.